The van der Waals surface area contributed by atoms with Gasteiger partial charge in [0, 0.05) is 23.2 Å². The summed E-state index contributed by atoms with van der Waals surface area (Å²) >= 11 is 4.40. The highest BCUT2D eigenvalue weighted by atomic mass is 79.9. The van der Waals surface area contributed by atoms with Crippen LogP contribution in [0, 0.1) is 6.92 Å². The minimum absolute atomic E-state index is 0.230. The van der Waals surface area contributed by atoms with E-state index in [2.05, 4.69) is 33.0 Å². The Balaban J connectivity index is 1.51. The van der Waals surface area contributed by atoms with Crippen LogP contribution in [0.4, 0.5) is 10.5 Å². The second-order valence-corrected chi connectivity index (χ2v) is 8.94. The van der Waals surface area contributed by atoms with E-state index in [1.165, 1.54) is 4.90 Å². The Hall–Kier alpha value is -2.09. The van der Waals surface area contributed by atoms with Crippen molar-refractivity contribution in [2.45, 2.75) is 13.5 Å². The van der Waals surface area contributed by atoms with Crippen LogP contribution in [0.1, 0.15) is 16.7 Å². The molecule has 0 saturated carbocycles. The molecule has 0 unspecified atom stereocenters. The van der Waals surface area contributed by atoms with Crippen LogP contribution in [0.25, 0.3) is 6.08 Å². The zero-order chi connectivity index (χ0) is 20.4. The van der Waals surface area contributed by atoms with Crippen molar-refractivity contribution in [1.82, 2.24) is 4.90 Å². The summed E-state index contributed by atoms with van der Waals surface area (Å²) in [5.41, 5.74) is 4.11. The second-order valence-electron chi connectivity index (χ2n) is 7.03. The van der Waals surface area contributed by atoms with Crippen molar-refractivity contribution >= 4 is 50.6 Å². The van der Waals surface area contributed by atoms with Crippen LogP contribution in [0.15, 0.2) is 51.8 Å². The van der Waals surface area contributed by atoms with Gasteiger partial charge in [0.1, 0.15) is 0 Å². The monoisotopic (exact) mass is 472 g/mol. The summed E-state index contributed by atoms with van der Waals surface area (Å²) in [6, 6.07) is 13.8. The first-order valence-corrected chi connectivity index (χ1v) is 11.1. The first-order chi connectivity index (χ1) is 14.0. The fourth-order valence-electron chi connectivity index (χ4n) is 3.39. The summed E-state index contributed by atoms with van der Waals surface area (Å²) in [4.78, 5) is 29.3. The van der Waals surface area contributed by atoms with Crippen LogP contribution in [-0.4, -0.2) is 42.3 Å². The molecule has 5 nitrogen and oxygen atoms in total. The summed E-state index contributed by atoms with van der Waals surface area (Å²) in [7, 11) is 0. The van der Waals surface area contributed by atoms with E-state index < -0.39 is 0 Å². The molecule has 2 aromatic carbocycles. The number of hydrogen-bond donors (Lipinski definition) is 0. The predicted molar refractivity (Wildman–Crippen MR) is 120 cm³/mol. The van der Waals surface area contributed by atoms with Gasteiger partial charge in [0.2, 0.25) is 0 Å². The zero-order valence-corrected chi connectivity index (χ0v) is 18.5. The van der Waals surface area contributed by atoms with Crippen molar-refractivity contribution in [2.24, 2.45) is 0 Å². The highest BCUT2D eigenvalue weighted by molar-refractivity contribution is 9.10. The summed E-state index contributed by atoms with van der Waals surface area (Å²) in [5, 5.41) is -0.230. The topological polar surface area (TPSA) is 49.9 Å². The van der Waals surface area contributed by atoms with E-state index >= 15 is 0 Å². The van der Waals surface area contributed by atoms with Gasteiger partial charge in [-0.05, 0) is 65.7 Å². The van der Waals surface area contributed by atoms with Gasteiger partial charge in [0.25, 0.3) is 11.1 Å². The first-order valence-electron chi connectivity index (χ1n) is 9.44. The lowest BCUT2D eigenvalue weighted by molar-refractivity contribution is -0.123. The minimum atomic E-state index is -0.237. The average molecular weight is 473 g/mol. The van der Waals surface area contributed by atoms with Gasteiger partial charge >= 0.3 is 0 Å². The van der Waals surface area contributed by atoms with Crippen molar-refractivity contribution in [3.63, 3.8) is 0 Å². The number of aryl methyl sites for hydroxylation is 1. The fourth-order valence-corrected chi connectivity index (χ4v) is 4.48. The maximum absolute atomic E-state index is 12.8. The van der Waals surface area contributed by atoms with Crippen molar-refractivity contribution in [3.05, 3.63) is 68.5 Å². The van der Waals surface area contributed by atoms with E-state index in [9.17, 15) is 9.59 Å². The minimum Gasteiger partial charge on any atom is -0.378 e. The largest absolute Gasteiger partial charge is 0.378 e. The number of hydrogen-bond acceptors (Lipinski definition) is 5. The Labute approximate surface area is 182 Å². The van der Waals surface area contributed by atoms with Crippen LogP contribution in [0.2, 0.25) is 0 Å². The molecule has 2 saturated heterocycles. The van der Waals surface area contributed by atoms with Crippen molar-refractivity contribution in [2.75, 3.05) is 31.2 Å². The number of morpholine rings is 1. The maximum Gasteiger partial charge on any atom is 0.293 e. The van der Waals surface area contributed by atoms with Crippen LogP contribution in [-0.2, 0) is 16.1 Å². The smallest absolute Gasteiger partial charge is 0.293 e. The first kappa shape index (κ1) is 20.2. The lowest BCUT2D eigenvalue weighted by atomic mass is 10.1. The molecule has 2 heterocycles. The van der Waals surface area contributed by atoms with E-state index in [1.54, 1.807) is 0 Å². The lowest BCUT2D eigenvalue weighted by Gasteiger charge is -2.29. The molecule has 0 bridgehead atoms. The van der Waals surface area contributed by atoms with Crippen molar-refractivity contribution < 1.29 is 14.3 Å². The van der Waals surface area contributed by atoms with Gasteiger partial charge in [-0.1, -0.05) is 34.1 Å². The van der Waals surface area contributed by atoms with Crippen molar-refractivity contribution in [1.29, 1.82) is 0 Å². The molecule has 29 heavy (non-hydrogen) atoms. The predicted octanol–water partition coefficient (Wildman–Crippen LogP) is 4.83. The molecule has 0 radical (unpaired) electrons. The second kappa shape index (κ2) is 8.73. The summed E-state index contributed by atoms with van der Waals surface area (Å²) in [6.45, 7) is 5.56. The highest BCUT2D eigenvalue weighted by Crippen LogP contribution is 2.34. The van der Waals surface area contributed by atoms with E-state index in [1.807, 2.05) is 43.3 Å². The molecule has 150 valence electrons. The molecule has 0 atom stereocenters. The Kier molecular flexibility index (Phi) is 6.08. The third-order valence-corrected chi connectivity index (χ3v) is 6.48. The molecule has 2 aromatic rings. The van der Waals surface area contributed by atoms with Crippen LogP contribution in [0.3, 0.4) is 0 Å². The van der Waals surface area contributed by atoms with Gasteiger partial charge in [0.15, 0.2) is 0 Å². The molecule has 4 rings (SSSR count). The van der Waals surface area contributed by atoms with Crippen LogP contribution >= 0.6 is 27.7 Å². The lowest BCUT2D eigenvalue weighted by Crippen LogP contribution is -2.36. The number of rotatable bonds is 4. The SMILES string of the molecule is Cc1cc(N2CCOCC2)ccc1/C=C1\SC(=O)N(Cc2ccc(Br)cc2)C1=O. The van der Waals surface area contributed by atoms with Crippen LogP contribution in [0.5, 0.6) is 0 Å². The van der Waals surface area contributed by atoms with E-state index in [0.717, 1.165) is 64.9 Å². The molecule has 0 aromatic heterocycles. The Morgan fingerprint density at radius 2 is 1.83 bits per heavy atom. The highest BCUT2D eigenvalue weighted by Gasteiger charge is 2.35. The van der Waals surface area contributed by atoms with Crippen molar-refractivity contribution in [3.8, 4) is 0 Å². The number of imide groups is 1. The molecule has 2 aliphatic rings. The Morgan fingerprint density at radius 3 is 2.52 bits per heavy atom. The molecule has 0 N–H and O–H groups in total. The number of nitrogens with zero attached hydrogens (tertiary/aromatic N) is 2. The quantitative estimate of drug-likeness (QED) is 0.596. The standard InChI is InChI=1S/C22H21BrN2O3S/c1-15-12-19(24-8-10-28-11-9-24)7-4-17(15)13-20-21(26)25(22(27)29-20)14-16-2-5-18(23)6-3-16/h2-7,12-13H,8-11,14H2,1H3/b20-13-. The third-order valence-electron chi connectivity index (χ3n) is 5.04. The average Bonchev–Trinajstić information content (AvgIpc) is 2.99. The number of ether oxygens (including phenoxy) is 1. The summed E-state index contributed by atoms with van der Waals surface area (Å²) < 4.78 is 6.38. The van der Waals surface area contributed by atoms with Gasteiger partial charge < -0.3 is 9.64 Å². The zero-order valence-electron chi connectivity index (χ0n) is 16.1. The van der Waals surface area contributed by atoms with Gasteiger partial charge in [-0.25, -0.2) is 0 Å². The van der Waals surface area contributed by atoms with Gasteiger partial charge in [-0.3, -0.25) is 14.5 Å². The molecule has 7 heteroatoms. The molecule has 2 amide bonds. The molecule has 2 aliphatic heterocycles. The summed E-state index contributed by atoms with van der Waals surface area (Å²) in [6.07, 6.45) is 1.82. The van der Waals surface area contributed by atoms with E-state index in [0.29, 0.717) is 4.91 Å². The summed E-state index contributed by atoms with van der Waals surface area (Å²) in [5.74, 6) is -0.237. The third kappa shape index (κ3) is 4.57. The van der Waals surface area contributed by atoms with E-state index in [-0.39, 0.29) is 17.7 Å². The fraction of sp³-hybridized carbons (Fsp3) is 0.273. The normalized spacial score (nSPS) is 18.8. The number of halogens is 1. The molecular weight excluding hydrogens is 452 g/mol. The molecular formula is C22H21BrN2O3S. The van der Waals surface area contributed by atoms with Gasteiger partial charge in [-0.15, -0.1) is 0 Å². The number of carbonyl (C=O) groups excluding carboxylic acids is 2. The number of amides is 2. The number of carbonyl (C=O) groups is 2. The van der Waals surface area contributed by atoms with Gasteiger partial charge in [0.05, 0.1) is 24.7 Å². The van der Waals surface area contributed by atoms with Crippen LogP contribution < -0.4 is 4.90 Å². The molecule has 0 spiro atoms. The molecule has 2 fully saturated rings. The van der Waals surface area contributed by atoms with E-state index in [4.69, 9.17) is 4.74 Å². The Bertz CT molecular complexity index is 969. The number of thioether (sulfide) groups is 1. The number of anilines is 1. The number of benzene rings is 2. The molecule has 0 aliphatic carbocycles. The Morgan fingerprint density at radius 1 is 1.10 bits per heavy atom. The maximum atomic E-state index is 12.8. The van der Waals surface area contributed by atoms with Gasteiger partial charge in [-0.2, -0.15) is 0 Å².